The van der Waals surface area contributed by atoms with E-state index in [4.69, 9.17) is 0 Å². The van der Waals surface area contributed by atoms with Crippen LogP contribution < -0.4 is 5.32 Å². The second-order valence-electron chi connectivity index (χ2n) is 2.42. The van der Waals surface area contributed by atoms with Crippen LogP contribution in [0.3, 0.4) is 0 Å². The molecule has 0 radical (unpaired) electrons. The van der Waals surface area contributed by atoms with Crippen LogP contribution in [0.2, 0.25) is 0 Å². The number of alkyl halides is 1. The molecule has 2 heteroatoms. The second kappa shape index (κ2) is 7.55. The van der Waals surface area contributed by atoms with Gasteiger partial charge in [-0.05, 0) is 25.1 Å². The molecule has 0 rings (SSSR count). The molecule has 0 aromatic heterocycles. The van der Waals surface area contributed by atoms with Gasteiger partial charge in [0.2, 0.25) is 0 Å². The number of hydrogen-bond acceptors (Lipinski definition) is 1. The Morgan fingerprint density at radius 3 is 2.50 bits per heavy atom. The lowest BCUT2D eigenvalue weighted by Gasteiger charge is -2.05. The first-order chi connectivity index (χ1) is 5.79. The molecule has 0 aromatic rings. The summed E-state index contributed by atoms with van der Waals surface area (Å²) in [5, 5.41) is 3.14. The predicted molar refractivity (Wildman–Crippen MR) is 64.9 cm³/mol. The Morgan fingerprint density at radius 2 is 2.17 bits per heavy atom. The van der Waals surface area contributed by atoms with Crippen molar-refractivity contribution in [2.24, 2.45) is 0 Å². The highest BCUT2D eigenvalue weighted by atomic mass is 127. The van der Waals surface area contributed by atoms with Crippen molar-refractivity contribution in [3.05, 3.63) is 36.0 Å². The zero-order valence-electron chi connectivity index (χ0n) is 7.73. The van der Waals surface area contributed by atoms with Crippen molar-refractivity contribution in [2.75, 3.05) is 18.0 Å². The average molecular weight is 277 g/mol. The Bertz CT molecular complexity index is 192. The Kier molecular flexibility index (Phi) is 7.50. The van der Waals surface area contributed by atoms with Gasteiger partial charge in [0, 0.05) is 11.0 Å². The van der Waals surface area contributed by atoms with E-state index in [-0.39, 0.29) is 0 Å². The van der Waals surface area contributed by atoms with Crippen molar-refractivity contribution in [3.63, 3.8) is 0 Å². The van der Waals surface area contributed by atoms with Crippen molar-refractivity contribution >= 4 is 22.6 Å². The van der Waals surface area contributed by atoms with E-state index < -0.39 is 0 Å². The molecule has 0 aliphatic rings. The minimum atomic E-state index is 0.911. The van der Waals surface area contributed by atoms with Gasteiger partial charge < -0.3 is 5.32 Å². The predicted octanol–water partition coefficient (Wildman–Crippen LogP) is 2.70. The van der Waals surface area contributed by atoms with Gasteiger partial charge in [0.25, 0.3) is 0 Å². The zero-order valence-corrected chi connectivity index (χ0v) is 9.89. The van der Waals surface area contributed by atoms with Crippen LogP contribution in [-0.2, 0) is 0 Å². The van der Waals surface area contributed by atoms with Gasteiger partial charge in [-0.1, -0.05) is 47.4 Å². The molecule has 0 saturated heterocycles. The molecule has 1 N–H and O–H groups in total. The lowest BCUT2D eigenvalue weighted by Crippen LogP contribution is -2.11. The molecule has 0 heterocycles. The summed E-state index contributed by atoms with van der Waals surface area (Å²) in [4.78, 5) is 0. The molecule has 0 amide bonds. The summed E-state index contributed by atoms with van der Waals surface area (Å²) < 4.78 is 1.02. The number of allylic oxidation sites excluding steroid dienone is 3. The minimum absolute atomic E-state index is 0.911. The van der Waals surface area contributed by atoms with Gasteiger partial charge in [-0.3, -0.25) is 0 Å². The molecule has 12 heavy (non-hydrogen) atoms. The van der Waals surface area contributed by atoms with Crippen LogP contribution in [0.25, 0.3) is 0 Å². The van der Waals surface area contributed by atoms with Crippen LogP contribution in [0, 0.1) is 0 Å². The SMILES string of the molecule is C=C/C(CI)=C(\C=C/C)CNC. The molecule has 1 nitrogen and oxygen atoms in total. The van der Waals surface area contributed by atoms with Crippen LogP contribution in [0.5, 0.6) is 0 Å². The quantitative estimate of drug-likeness (QED) is 0.463. The molecular weight excluding hydrogens is 261 g/mol. The average Bonchev–Trinajstić information content (AvgIpc) is 2.07. The number of likely N-dealkylation sites (N-methyl/N-ethyl adjacent to an activating group) is 1. The van der Waals surface area contributed by atoms with Crippen molar-refractivity contribution in [1.29, 1.82) is 0 Å². The zero-order chi connectivity index (χ0) is 9.40. The third-order valence-electron chi connectivity index (χ3n) is 1.54. The minimum Gasteiger partial charge on any atom is -0.316 e. The maximum Gasteiger partial charge on any atom is 0.0250 e. The summed E-state index contributed by atoms with van der Waals surface area (Å²) in [5.41, 5.74) is 2.63. The maximum absolute atomic E-state index is 3.79. The van der Waals surface area contributed by atoms with Crippen LogP contribution in [0.15, 0.2) is 36.0 Å². The van der Waals surface area contributed by atoms with Gasteiger partial charge in [0.1, 0.15) is 0 Å². The van der Waals surface area contributed by atoms with E-state index in [1.165, 1.54) is 11.1 Å². The van der Waals surface area contributed by atoms with E-state index in [1.807, 2.05) is 20.0 Å². The van der Waals surface area contributed by atoms with E-state index in [0.717, 1.165) is 11.0 Å². The van der Waals surface area contributed by atoms with Gasteiger partial charge in [-0.2, -0.15) is 0 Å². The monoisotopic (exact) mass is 277 g/mol. The Labute approximate surface area is 88.8 Å². The summed E-state index contributed by atoms with van der Waals surface area (Å²) in [6.07, 6.45) is 6.12. The van der Waals surface area contributed by atoms with Gasteiger partial charge in [-0.25, -0.2) is 0 Å². The highest BCUT2D eigenvalue weighted by Gasteiger charge is 1.97. The number of hydrogen-bond donors (Lipinski definition) is 1. The lowest BCUT2D eigenvalue weighted by atomic mass is 10.1. The van der Waals surface area contributed by atoms with E-state index in [1.54, 1.807) is 0 Å². The number of halogens is 1. The topological polar surface area (TPSA) is 12.0 Å². The summed E-state index contributed by atoms with van der Waals surface area (Å²) >= 11 is 2.35. The molecule has 0 spiro atoms. The molecule has 0 saturated carbocycles. The number of rotatable bonds is 5. The fraction of sp³-hybridized carbons (Fsp3) is 0.400. The molecule has 0 aromatic carbocycles. The smallest absolute Gasteiger partial charge is 0.0250 e. The third kappa shape index (κ3) is 4.07. The standard InChI is InChI=1S/C10H16IN/c1-4-6-10(8-12-3)9(5-2)7-11/h4-6,12H,2,7-8H2,1,3H3/b6-4-,10-9-. The molecule has 0 bridgehead atoms. The van der Waals surface area contributed by atoms with Crippen LogP contribution in [-0.4, -0.2) is 18.0 Å². The molecular formula is C10H16IN. The number of nitrogens with one attached hydrogen (secondary N) is 1. The highest BCUT2D eigenvalue weighted by molar-refractivity contribution is 14.1. The Balaban J connectivity index is 4.61. The first-order valence-electron chi connectivity index (χ1n) is 3.97. The van der Waals surface area contributed by atoms with Gasteiger partial charge >= 0.3 is 0 Å². The third-order valence-corrected chi connectivity index (χ3v) is 2.36. The van der Waals surface area contributed by atoms with Crippen molar-refractivity contribution in [3.8, 4) is 0 Å². The molecule has 0 atom stereocenters. The van der Waals surface area contributed by atoms with E-state index in [0.29, 0.717) is 0 Å². The maximum atomic E-state index is 3.79. The summed E-state index contributed by atoms with van der Waals surface area (Å²) in [6, 6.07) is 0. The Hall–Kier alpha value is -0.0900. The summed E-state index contributed by atoms with van der Waals surface area (Å²) in [6.45, 7) is 6.74. The van der Waals surface area contributed by atoms with Crippen LogP contribution >= 0.6 is 22.6 Å². The largest absolute Gasteiger partial charge is 0.316 e. The van der Waals surface area contributed by atoms with Gasteiger partial charge in [0.15, 0.2) is 0 Å². The van der Waals surface area contributed by atoms with Crippen molar-refractivity contribution in [2.45, 2.75) is 6.92 Å². The van der Waals surface area contributed by atoms with E-state index in [9.17, 15) is 0 Å². The van der Waals surface area contributed by atoms with E-state index in [2.05, 4.69) is 46.6 Å². The molecule has 0 unspecified atom stereocenters. The van der Waals surface area contributed by atoms with Gasteiger partial charge in [-0.15, -0.1) is 0 Å². The van der Waals surface area contributed by atoms with Crippen LogP contribution in [0.1, 0.15) is 6.92 Å². The molecule has 0 aliphatic heterocycles. The Morgan fingerprint density at radius 1 is 1.50 bits per heavy atom. The van der Waals surface area contributed by atoms with Crippen LogP contribution in [0.4, 0.5) is 0 Å². The normalized spacial score (nSPS) is 13.2. The first kappa shape index (κ1) is 11.9. The summed E-state index contributed by atoms with van der Waals surface area (Å²) in [7, 11) is 1.96. The lowest BCUT2D eigenvalue weighted by molar-refractivity contribution is 0.890. The van der Waals surface area contributed by atoms with E-state index >= 15 is 0 Å². The molecule has 68 valence electrons. The fourth-order valence-electron chi connectivity index (χ4n) is 0.943. The van der Waals surface area contributed by atoms with Gasteiger partial charge in [0.05, 0.1) is 0 Å². The molecule has 0 fully saturated rings. The summed E-state index contributed by atoms with van der Waals surface area (Å²) in [5.74, 6) is 0. The fourth-order valence-corrected chi connectivity index (χ4v) is 1.74. The second-order valence-corrected chi connectivity index (χ2v) is 3.18. The van der Waals surface area contributed by atoms with Crippen molar-refractivity contribution in [1.82, 2.24) is 5.32 Å². The molecule has 0 aliphatic carbocycles. The van der Waals surface area contributed by atoms with Crippen molar-refractivity contribution < 1.29 is 0 Å². The first-order valence-corrected chi connectivity index (χ1v) is 5.50. The highest BCUT2D eigenvalue weighted by Crippen LogP contribution is 2.09.